The first-order valence-electron chi connectivity index (χ1n) is 9.76. The van der Waals surface area contributed by atoms with Crippen LogP contribution >= 0.6 is 0 Å². The molecule has 1 unspecified atom stereocenters. The number of amides is 2. The second-order valence-corrected chi connectivity index (χ2v) is 7.64. The van der Waals surface area contributed by atoms with Crippen LogP contribution in [0.15, 0.2) is 48.5 Å². The highest BCUT2D eigenvalue weighted by atomic mass is 16.5. The summed E-state index contributed by atoms with van der Waals surface area (Å²) in [6, 6.07) is 15.8. The van der Waals surface area contributed by atoms with Crippen LogP contribution in [0.1, 0.15) is 37.0 Å². The fraction of sp³-hybridized carbons (Fsp3) is 0.391. The van der Waals surface area contributed by atoms with Crippen molar-refractivity contribution in [1.29, 1.82) is 0 Å². The molecule has 1 aliphatic rings. The maximum atomic E-state index is 12.6. The number of benzene rings is 2. The Balaban J connectivity index is 1.55. The van der Waals surface area contributed by atoms with Gasteiger partial charge in [0.05, 0.1) is 18.6 Å². The molecular formula is C23H28N2O3. The van der Waals surface area contributed by atoms with E-state index in [9.17, 15) is 9.59 Å². The summed E-state index contributed by atoms with van der Waals surface area (Å²) in [6.07, 6.45) is 0.432. The number of nitrogens with zero attached hydrogens (tertiary/aromatic N) is 1. The van der Waals surface area contributed by atoms with E-state index in [0.29, 0.717) is 19.7 Å². The monoisotopic (exact) mass is 380 g/mol. The molecule has 28 heavy (non-hydrogen) atoms. The molecule has 1 aliphatic heterocycles. The predicted octanol–water partition coefficient (Wildman–Crippen LogP) is 3.59. The summed E-state index contributed by atoms with van der Waals surface area (Å²) in [5.41, 5.74) is 4.11. The van der Waals surface area contributed by atoms with Crippen LogP contribution in [0.4, 0.5) is 5.69 Å². The summed E-state index contributed by atoms with van der Waals surface area (Å²) >= 11 is 0. The van der Waals surface area contributed by atoms with E-state index in [2.05, 4.69) is 5.32 Å². The molecule has 0 radical (unpaired) electrons. The van der Waals surface area contributed by atoms with E-state index in [1.165, 1.54) is 0 Å². The number of ether oxygens (including phenoxy) is 1. The van der Waals surface area contributed by atoms with Crippen LogP contribution in [-0.2, 0) is 27.5 Å². The molecule has 2 aromatic rings. The summed E-state index contributed by atoms with van der Waals surface area (Å²) in [4.78, 5) is 26.6. The van der Waals surface area contributed by atoms with E-state index in [-0.39, 0.29) is 30.3 Å². The van der Waals surface area contributed by atoms with Gasteiger partial charge in [-0.05, 0) is 44.0 Å². The van der Waals surface area contributed by atoms with Gasteiger partial charge in [0.1, 0.15) is 0 Å². The van der Waals surface area contributed by atoms with E-state index in [0.717, 1.165) is 22.4 Å². The van der Waals surface area contributed by atoms with Gasteiger partial charge < -0.3 is 15.0 Å². The van der Waals surface area contributed by atoms with Crippen LogP contribution in [0.5, 0.6) is 0 Å². The number of hydrogen-bond donors (Lipinski definition) is 1. The largest absolute Gasteiger partial charge is 0.374 e. The highest BCUT2D eigenvalue weighted by molar-refractivity contribution is 6.00. The molecule has 1 N–H and O–H groups in total. The molecule has 0 bridgehead atoms. The van der Waals surface area contributed by atoms with Crippen molar-refractivity contribution in [2.45, 2.75) is 46.4 Å². The van der Waals surface area contributed by atoms with Crippen LogP contribution in [0.3, 0.4) is 0 Å². The predicted molar refractivity (Wildman–Crippen MR) is 110 cm³/mol. The molecule has 1 atom stereocenters. The number of anilines is 1. The molecule has 1 saturated heterocycles. The number of aryl methyl sites for hydroxylation is 1. The molecule has 0 spiro atoms. The number of rotatable bonds is 7. The number of carbonyl (C=O) groups excluding carboxylic acids is 2. The van der Waals surface area contributed by atoms with Gasteiger partial charge in [0, 0.05) is 25.2 Å². The molecule has 0 saturated carbocycles. The average molecular weight is 380 g/mol. The van der Waals surface area contributed by atoms with Crippen molar-refractivity contribution in [1.82, 2.24) is 5.32 Å². The van der Waals surface area contributed by atoms with E-state index >= 15 is 0 Å². The standard InChI is InChI=1S/C23H28N2O3/c1-16(2)28-15-19-6-4-5-18(11-19)13-24-23(27)20-12-22(26)25(14-20)21-9-7-17(3)8-10-21/h4-11,16,20H,12-15H2,1-3H3,(H,24,27). The lowest BCUT2D eigenvalue weighted by Gasteiger charge is -2.17. The number of hydrogen-bond acceptors (Lipinski definition) is 3. The molecule has 1 fully saturated rings. The lowest BCUT2D eigenvalue weighted by Crippen LogP contribution is -2.32. The third-order valence-electron chi connectivity index (χ3n) is 4.88. The quantitative estimate of drug-likeness (QED) is 0.799. The molecule has 1 heterocycles. The van der Waals surface area contributed by atoms with Crippen LogP contribution in [-0.4, -0.2) is 24.5 Å². The van der Waals surface area contributed by atoms with Crippen LogP contribution < -0.4 is 10.2 Å². The van der Waals surface area contributed by atoms with Gasteiger partial charge in [-0.3, -0.25) is 9.59 Å². The van der Waals surface area contributed by atoms with E-state index < -0.39 is 0 Å². The second-order valence-electron chi connectivity index (χ2n) is 7.64. The Morgan fingerprint density at radius 2 is 1.89 bits per heavy atom. The zero-order valence-electron chi connectivity index (χ0n) is 16.8. The molecule has 5 nitrogen and oxygen atoms in total. The van der Waals surface area contributed by atoms with Gasteiger partial charge in [-0.1, -0.05) is 42.0 Å². The minimum Gasteiger partial charge on any atom is -0.374 e. The van der Waals surface area contributed by atoms with Gasteiger partial charge in [-0.25, -0.2) is 0 Å². The normalized spacial score (nSPS) is 16.6. The van der Waals surface area contributed by atoms with Gasteiger partial charge in [-0.2, -0.15) is 0 Å². The van der Waals surface area contributed by atoms with Crippen LogP contribution in [0.25, 0.3) is 0 Å². The van der Waals surface area contributed by atoms with Crippen molar-refractivity contribution in [3.05, 3.63) is 65.2 Å². The highest BCUT2D eigenvalue weighted by Crippen LogP contribution is 2.25. The van der Waals surface area contributed by atoms with Crippen molar-refractivity contribution in [2.24, 2.45) is 5.92 Å². The molecule has 0 aromatic heterocycles. The first-order valence-corrected chi connectivity index (χ1v) is 9.76. The fourth-order valence-corrected chi connectivity index (χ4v) is 3.28. The van der Waals surface area contributed by atoms with Gasteiger partial charge in [0.2, 0.25) is 11.8 Å². The first kappa shape index (κ1) is 20.1. The van der Waals surface area contributed by atoms with E-state index in [1.54, 1.807) is 4.90 Å². The molecule has 2 amide bonds. The van der Waals surface area contributed by atoms with Crippen LogP contribution in [0.2, 0.25) is 0 Å². The van der Waals surface area contributed by atoms with Crippen LogP contribution in [0, 0.1) is 12.8 Å². The maximum absolute atomic E-state index is 12.6. The first-order chi connectivity index (χ1) is 13.4. The van der Waals surface area contributed by atoms with Crippen molar-refractivity contribution in [3.63, 3.8) is 0 Å². The second kappa shape index (κ2) is 9.02. The number of nitrogens with one attached hydrogen (secondary N) is 1. The Bertz CT molecular complexity index is 830. The summed E-state index contributed by atoms with van der Waals surface area (Å²) in [5, 5.41) is 2.98. The van der Waals surface area contributed by atoms with Gasteiger partial charge in [-0.15, -0.1) is 0 Å². The zero-order valence-corrected chi connectivity index (χ0v) is 16.8. The van der Waals surface area contributed by atoms with Crippen molar-refractivity contribution >= 4 is 17.5 Å². The van der Waals surface area contributed by atoms with Gasteiger partial charge in [0.25, 0.3) is 0 Å². The summed E-state index contributed by atoms with van der Waals surface area (Å²) < 4.78 is 5.63. The summed E-state index contributed by atoms with van der Waals surface area (Å²) in [5.74, 6) is -0.398. The van der Waals surface area contributed by atoms with Crippen molar-refractivity contribution in [3.8, 4) is 0 Å². The fourth-order valence-electron chi connectivity index (χ4n) is 3.28. The Kier molecular flexibility index (Phi) is 6.47. The third-order valence-corrected chi connectivity index (χ3v) is 4.88. The van der Waals surface area contributed by atoms with E-state index in [4.69, 9.17) is 4.74 Å². The topological polar surface area (TPSA) is 58.6 Å². The zero-order chi connectivity index (χ0) is 20.1. The number of carbonyl (C=O) groups is 2. The molecule has 148 valence electrons. The molecule has 3 rings (SSSR count). The highest BCUT2D eigenvalue weighted by Gasteiger charge is 2.34. The minimum atomic E-state index is -0.318. The molecular weight excluding hydrogens is 352 g/mol. The molecule has 5 heteroatoms. The summed E-state index contributed by atoms with van der Waals surface area (Å²) in [7, 11) is 0. The minimum absolute atomic E-state index is 0.00293. The Morgan fingerprint density at radius 1 is 1.18 bits per heavy atom. The SMILES string of the molecule is Cc1ccc(N2CC(C(=O)NCc3cccc(COC(C)C)c3)CC2=O)cc1. The maximum Gasteiger partial charge on any atom is 0.227 e. The molecule has 0 aliphatic carbocycles. The Morgan fingerprint density at radius 3 is 2.61 bits per heavy atom. The Labute approximate surface area is 166 Å². The average Bonchev–Trinajstić information content (AvgIpc) is 3.07. The van der Waals surface area contributed by atoms with Gasteiger partial charge >= 0.3 is 0 Å². The third kappa shape index (κ3) is 5.20. The van der Waals surface area contributed by atoms with Crippen molar-refractivity contribution in [2.75, 3.05) is 11.4 Å². The van der Waals surface area contributed by atoms with Crippen molar-refractivity contribution < 1.29 is 14.3 Å². The Hall–Kier alpha value is -2.66. The smallest absolute Gasteiger partial charge is 0.227 e. The lowest BCUT2D eigenvalue weighted by molar-refractivity contribution is -0.126. The molecule has 2 aromatic carbocycles. The lowest BCUT2D eigenvalue weighted by atomic mass is 10.1. The summed E-state index contributed by atoms with van der Waals surface area (Å²) in [6.45, 7) is 7.46. The van der Waals surface area contributed by atoms with E-state index in [1.807, 2.05) is 69.3 Å². The van der Waals surface area contributed by atoms with Gasteiger partial charge in [0.15, 0.2) is 0 Å².